The lowest BCUT2D eigenvalue weighted by Gasteiger charge is -1.94. The van der Waals surface area contributed by atoms with Gasteiger partial charge in [0.05, 0.1) is 0 Å². The minimum atomic E-state index is 0. The highest BCUT2D eigenvalue weighted by molar-refractivity contribution is 7.59. The number of halogens is 1. The summed E-state index contributed by atoms with van der Waals surface area (Å²) < 4.78 is 0.505. The van der Waals surface area contributed by atoms with Crippen LogP contribution in [0, 0.1) is 0 Å². The highest BCUT2D eigenvalue weighted by Crippen LogP contribution is 2.17. The van der Waals surface area contributed by atoms with Crippen LogP contribution in [0.1, 0.15) is 10.6 Å². The predicted octanol–water partition coefficient (Wildman–Crippen LogP) is 2.90. The molecule has 14 heavy (non-hydrogen) atoms. The Balaban J connectivity index is 0.000000980. The fourth-order valence-electron chi connectivity index (χ4n) is 1.08. The molecule has 1 heterocycles. The van der Waals surface area contributed by atoms with Gasteiger partial charge in [0.25, 0.3) is 0 Å². The molecule has 74 valence electrons. The molecule has 0 saturated carbocycles. The zero-order chi connectivity index (χ0) is 9.10. The SMILES string of the molecule is Clc1nnc(Cc2ccccc2)s1.S. The first-order chi connectivity index (χ1) is 6.34. The second-order valence-electron chi connectivity index (χ2n) is 2.61. The van der Waals surface area contributed by atoms with Crippen LogP contribution in [0.5, 0.6) is 0 Å². The van der Waals surface area contributed by atoms with Gasteiger partial charge < -0.3 is 0 Å². The van der Waals surface area contributed by atoms with Gasteiger partial charge in [0, 0.05) is 6.42 Å². The molecule has 2 aromatic rings. The highest BCUT2D eigenvalue weighted by atomic mass is 35.5. The highest BCUT2D eigenvalue weighted by Gasteiger charge is 2.01. The van der Waals surface area contributed by atoms with Gasteiger partial charge in [-0.2, -0.15) is 13.5 Å². The molecule has 5 heteroatoms. The van der Waals surface area contributed by atoms with Crippen LogP contribution in [0.3, 0.4) is 0 Å². The molecule has 1 aromatic carbocycles. The summed E-state index contributed by atoms with van der Waals surface area (Å²) >= 11 is 7.10. The second-order valence-corrected chi connectivity index (χ2v) is 4.26. The third-order valence-electron chi connectivity index (χ3n) is 1.64. The van der Waals surface area contributed by atoms with Crippen LogP contribution >= 0.6 is 36.4 Å². The maximum absolute atomic E-state index is 5.67. The summed E-state index contributed by atoms with van der Waals surface area (Å²) in [4.78, 5) is 0. The first-order valence-electron chi connectivity index (χ1n) is 3.86. The van der Waals surface area contributed by atoms with Gasteiger partial charge in [-0.05, 0) is 17.2 Å². The minimum Gasteiger partial charge on any atom is -0.197 e. The molecule has 0 saturated heterocycles. The van der Waals surface area contributed by atoms with Crippen LogP contribution in [0.2, 0.25) is 4.47 Å². The molecule has 0 unspecified atom stereocenters. The Hall–Kier alpha value is -0.580. The van der Waals surface area contributed by atoms with Gasteiger partial charge in [-0.25, -0.2) is 0 Å². The Kier molecular flexibility index (Phi) is 4.38. The molecule has 0 fully saturated rings. The summed E-state index contributed by atoms with van der Waals surface area (Å²) in [6.45, 7) is 0. The molecule has 0 atom stereocenters. The third-order valence-corrected chi connectivity index (χ3v) is 2.66. The van der Waals surface area contributed by atoms with Crippen LogP contribution in [0.4, 0.5) is 0 Å². The molecule has 0 aliphatic heterocycles. The Morgan fingerprint density at radius 1 is 1.14 bits per heavy atom. The van der Waals surface area contributed by atoms with E-state index in [2.05, 4.69) is 22.3 Å². The van der Waals surface area contributed by atoms with Crippen molar-refractivity contribution >= 4 is 36.4 Å². The lowest BCUT2D eigenvalue weighted by molar-refractivity contribution is 1.00. The summed E-state index contributed by atoms with van der Waals surface area (Å²) in [6.07, 6.45) is 0.811. The number of hydrogen-bond acceptors (Lipinski definition) is 3. The van der Waals surface area contributed by atoms with E-state index >= 15 is 0 Å². The van der Waals surface area contributed by atoms with Gasteiger partial charge >= 0.3 is 0 Å². The summed E-state index contributed by atoms with van der Waals surface area (Å²) in [5.74, 6) is 0. The van der Waals surface area contributed by atoms with E-state index in [1.54, 1.807) is 0 Å². The first-order valence-corrected chi connectivity index (χ1v) is 5.06. The summed E-state index contributed by atoms with van der Waals surface area (Å²) in [5, 5.41) is 8.65. The quantitative estimate of drug-likeness (QED) is 0.812. The molecule has 1 aromatic heterocycles. The maximum atomic E-state index is 5.67. The Morgan fingerprint density at radius 2 is 1.86 bits per heavy atom. The zero-order valence-corrected chi connectivity index (χ0v) is 9.85. The van der Waals surface area contributed by atoms with Gasteiger partial charge in [-0.15, -0.1) is 10.2 Å². The molecule has 0 radical (unpaired) electrons. The van der Waals surface area contributed by atoms with Crippen LogP contribution < -0.4 is 0 Å². The van der Waals surface area contributed by atoms with Crippen molar-refractivity contribution in [1.82, 2.24) is 10.2 Å². The van der Waals surface area contributed by atoms with Gasteiger partial charge in [-0.3, -0.25) is 0 Å². The van der Waals surface area contributed by atoms with Gasteiger partial charge in [0.1, 0.15) is 5.01 Å². The topological polar surface area (TPSA) is 25.8 Å². The Labute approximate surface area is 98.4 Å². The number of hydrogen-bond donors (Lipinski definition) is 0. The van der Waals surface area contributed by atoms with Crippen molar-refractivity contribution in [2.24, 2.45) is 0 Å². The Bertz CT molecular complexity index is 389. The average Bonchev–Trinajstić information content (AvgIpc) is 2.53. The van der Waals surface area contributed by atoms with Crippen LogP contribution in [0.15, 0.2) is 30.3 Å². The number of nitrogens with zero attached hydrogens (tertiary/aromatic N) is 2. The minimum absolute atomic E-state index is 0. The molecular formula is C9H9ClN2S2. The van der Waals surface area contributed by atoms with E-state index in [0.717, 1.165) is 11.4 Å². The molecule has 0 aliphatic carbocycles. The predicted molar refractivity (Wildman–Crippen MR) is 64.5 cm³/mol. The Morgan fingerprint density at radius 3 is 2.43 bits per heavy atom. The van der Waals surface area contributed by atoms with E-state index in [1.807, 2.05) is 18.2 Å². The first kappa shape index (κ1) is 11.5. The zero-order valence-electron chi connectivity index (χ0n) is 7.27. The molecule has 2 rings (SSSR count). The van der Waals surface area contributed by atoms with Crippen molar-refractivity contribution in [3.05, 3.63) is 45.4 Å². The van der Waals surface area contributed by atoms with Crippen molar-refractivity contribution in [2.45, 2.75) is 6.42 Å². The summed E-state index contributed by atoms with van der Waals surface area (Å²) in [7, 11) is 0. The van der Waals surface area contributed by atoms with Crippen molar-refractivity contribution in [3.63, 3.8) is 0 Å². The smallest absolute Gasteiger partial charge is 0.197 e. The van der Waals surface area contributed by atoms with E-state index in [1.165, 1.54) is 16.9 Å². The van der Waals surface area contributed by atoms with Crippen LogP contribution in [-0.4, -0.2) is 10.2 Å². The molecule has 0 aliphatic rings. The lowest BCUT2D eigenvalue weighted by Crippen LogP contribution is -1.85. The summed E-state index contributed by atoms with van der Waals surface area (Å²) in [5.41, 5.74) is 1.23. The molecule has 2 nitrogen and oxygen atoms in total. The third kappa shape index (κ3) is 2.97. The van der Waals surface area contributed by atoms with Crippen LogP contribution in [-0.2, 0) is 6.42 Å². The fourth-order valence-corrected chi connectivity index (χ4v) is 1.98. The van der Waals surface area contributed by atoms with E-state index in [9.17, 15) is 0 Å². The van der Waals surface area contributed by atoms with E-state index < -0.39 is 0 Å². The average molecular weight is 245 g/mol. The van der Waals surface area contributed by atoms with Crippen LogP contribution in [0.25, 0.3) is 0 Å². The van der Waals surface area contributed by atoms with E-state index in [-0.39, 0.29) is 13.5 Å². The number of benzene rings is 1. The molecule has 0 N–H and O–H groups in total. The molecule has 0 spiro atoms. The number of rotatable bonds is 2. The standard InChI is InChI=1S/C9H7ClN2S.H2S/c10-9-12-11-8(13-9)6-7-4-2-1-3-5-7;/h1-5H,6H2;1H2. The second kappa shape index (κ2) is 5.34. The summed E-state index contributed by atoms with van der Waals surface area (Å²) in [6, 6.07) is 10.1. The number of aromatic nitrogens is 2. The molecule has 0 bridgehead atoms. The van der Waals surface area contributed by atoms with E-state index in [0.29, 0.717) is 4.47 Å². The van der Waals surface area contributed by atoms with Gasteiger partial charge in [-0.1, -0.05) is 41.7 Å². The normalized spacial score (nSPS) is 9.50. The fraction of sp³-hybridized carbons (Fsp3) is 0.111. The monoisotopic (exact) mass is 244 g/mol. The van der Waals surface area contributed by atoms with Gasteiger partial charge in [0.15, 0.2) is 0 Å². The van der Waals surface area contributed by atoms with Crippen molar-refractivity contribution in [1.29, 1.82) is 0 Å². The van der Waals surface area contributed by atoms with Gasteiger partial charge in [0.2, 0.25) is 4.47 Å². The molecular weight excluding hydrogens is 236 g/mol. The lowest BCUT2D eigenvalue weighted by atomic mass is 10.2. The largest absolute Gasteiger partial charge is 0.207 e. The van der Waals surface area contributed by atoms with Crippen molar-refractivity contribution in [2.75, 3.05) is 0 Å². The van der Waals surface area contributed by atoms with Crippen molar-refractivity contribution < 1.29 is 0 Å². The molecule has 0 amide bonds. The maximum Gasteiger partial charge on any atom is 0.207 e. The van der Waals surface area contributed by atoms with Crippen molar-refractivity contribution in [3.8, 4) is 0 Å². The van der Waals surface area contributed by atoms with E-state index in [4.69, 9.17) is 11.6 Å².